The Hall–Kier alpha value is -0.690. The van der Waals surface area contributed by atoms with E-state index >= 15 is 0 Å². The molecule has 208 valence electrons. The van der Waals surface area contributed by atoms with Gasteiger partial charge in [-0.3, -0.25) is 4.79 Å². The van der Waals surface area contributed by atoms with Gasteiger partial charge in [0.15, 0.2) is 0 Å². The number of fused-ring (bicyclic) bond motifs is 5. The maximum absolute atomic E-state index is 12.1. The Morgan fingerprint density at radius 1 is 1.08 bits per heavy atom. The molecule has 36 heavy (non-hydrogen) atoms. The SMILES string of the molecule is CC(=O)OC1CC2C3CCC(C(C)C(O)CC(C)(O)C(C)C)C3(C)CCC2C2(C)CCC(O)CC12O. The van der Waals surface area contributed by atoms with E-state index in [1.807, 2.05) is 20.8 Å². The molecule has 0 heterocycles. The van der Waals surface area contributed by atoms with E-state index in [2.05, 4.69) is 20.8 Å². The summed E-state index contributed by atoms with van der Waals surface area (Å²) in [6.07, 6.45) is 5.25. The van der Waals surface area contributed by atoms with Gasteiger partial charge in [0.1, 0.15) is 11.7 Å². The van der Waals surface area contributed by atoms with Crippen LogP contribution in [0.5, 0.6) is 0 Å². The van der Waals surface area contributed by atoms with Gasteiger partial charge in [0.2, 0.25) is 0 Å². The smallest absolute Gasteiger partial charge is 0.303 e. The lowest BCUT2D eigenvalue weighted by Crippen LogP contribution is -2.69. The molecule has 4 aliphatic rings. The summed E-state index contributed by atoms with van der Waals surface area (Å²) in [5.41, 5.74) is -2.41. The molecule has 0 aromatic carbocycles. The molecule has 0 amide bonds. The van der Waals surface area contributed by atoms with Crippen LogP contribution in [-0.2, 0) is 9.53 Å². The van der Waals surface area contributed by atoms with Crippen LogP contribution >= 0.6 is 0 Å². The van der Waals surface area contributed by atoms with Gasteiger partial charge in [0.05, 0.1) is 17.8 Å². The molecule has 4 saturated carbocycles. The van der Waals surface area contributed by atoms with E-state index in [1.54, 1.807) is 0 Å². The zero-order valence-electron chi connectivity index (χ0n) is 23.7. The molecule has 0 aromatic rings. The second-order valence-corrected chi connectivity index (χ2v) is 14.3. The molecule has 4 rings (SSSR count). The third-order valence-electron chi connectivity index (χ3n) is 12.3. The summed E-state index contributed by atoms with van der Waals surface area (Å²) in [6.45, 7) is 14.0. The molecule has 6 heteroatoms. The lowest BCUT2D eigenvalue weighted by Gasteiger charge is -2.65. The molecule has 6 nitrogen and oxygen atoms in total. The highest BCUT2D eigenvalue weighted by atomic mass is 16.6. The summed E-state index contributed by atoms with van der Waals surface area (Å²) in [5.74, 6) is 1.30. The van der Waals surface area contributed by atoms with Gasteiger partial charge in [0.25, 0.3) is 0 Å². The van der Waals surface area contributed by atoms with Crippen molar-refractivity contribution in [3.05, 3.63) is 0 Å². The monoisotopic (exact) mass is 508 g/mol. The average Bonchev–Trinajstić information content (AvgIpc) is 3.11. The molecule has 0 aromatic heterocycles. The minimum absolute atomic E-state index is 0.0754. The number of aliphatic hydroxyl groups is 4. The zero-order chi connectivity index (χ0) is 26.8. The fourth-order valence-electron chi connectivity index (χ4n) is 9.60. The highest BCUT2D eigenvalue weighted by Gasteiger charge is 2.68. The van der Waals surface area contributed by atoms with Crippen molar-refractivity contribution in [2.45, 2.75) is 136 Å². The Labute approximate surface area is 218 Å². The zero-order valence-corrected chi connectivity index (χ0v) is 23.7. The molecule has 12 unspecified atom stereocenters. The van der Waals surface area contributed by atoms with Gasteiger partial charge < -0.3 is 25.2 Å². The number of rotatable bonds is 6. The Morgan fingerprint density at radius 3 is 2.36 bits per heavy atom. The third-order valence-corrected chi connectivity index (χ3v) is 12.3. The number of aliphatic hydroxyl groups excluding tert-OH is 2. The molecule has 0 bridgehead atoms. The number of esters is 1. The molecular formula is C30H52O6. The summed E-state index contributed by atoms with van der Waals surface area (Å²) in [6, 6.07) is 0. The summed E-state index contributed by atoms with van der Waals surface area (Å²) in [7, 11) is 0. The van der Waals surface area contributed by atoms with Crippen molar-refractivity contribution in [1.29, 1.82) is 0 Å². The Kier molecular flexibility index (Phi) is 7.47. The van der Waals surface area contributed by atoms with Gasteiger partial charge in [-0.25, -0.2) is 0 Å². The number of carbonyl (C=O) groups is 1. The van der Waals surface area contributed by atoms with Crippen LogP contribution in [0.25, 0.3) is 0 Å². The molecule has 0 saturated heterocycles. The van der Waals surface area contributed by atoms with Crippen molar-refractivity contribution in [2.24, 2.45) is 46.3 Å². The van der Waals surface area contributed by atoms with Gasteiger partial charge in [-0.15, -0.1) is 0 Å². The van der Waals surface area contributed by atoms with Crippen molar-refractivity contribution in [1.82, 2.24) is 0 Å². The largest absolute Gasteiger partial charge is 0.459 e. The number of ether oxygens (including phenoxy) is 1. The molecule has 0 spiro atoms. The second-order valence-electron chi connectivity index (χ2n) is 14.3. The van der Waals surface area contributed by atoms with Crippen LogP contribution in [0, 0.1) is 46.3 Å². The molecule has 12 atom stereocenters. The van der Waals surface area contributed by atoms with Crippen LogP contribution in [0.2, 0.25) is 0 Å². The third kappa shape index (κ3) is 4.36. The second kappa shape index (κ2) is 9.50. The molecule has 0 aliphatic heterocycles. The van der Waals surface area contributed by atoms with E-state index in [-0.39, 0.29) is 29.6 Å². The van der Waals surface area contributed by atoms with E-state index in [0.717, 1.165) is 32.1 Å². The lowest BCUT2D eigenvalue weighted by molar-refractivity contribution is -0.270. The van der Waals surface area contributed by atoms with Crippen LogP contribution in [-0.4, -0.2) is 55.9 Å². The topological polar surface area (TPSA) is 107 Å². The predicted octanol–water partition coefficient (Wildman–Crippen LogP) is 4.46. The van der Waals surface area contributed by atoms with Crippen molar-refractivity contribution in [3.63, 3.8) is 0 Å². The predicted molar refractivity (Wildman–Crippen MR) is 139 cm³/mol. The van der Waals surface area contributed by atoms with Crippen LogP contribution in [0.15, 0.2) is 0 Å². The number of hydrogen-bond acceptors (Lipinski definition) is 6. The molecular weight excluding hydrogens is 456 g/mol. The first kappa shape index (κ1) is 28.3. The summed E-state index contributed by atoms with van der Waals surface area (Å²) >= 11 is 0. The standard InChI is InChI=1S/C30H52O6/c1-17(2)29(7,34)16-25(33)18(3)22-8-9-23-21-14-26(36-19(4)31)30(35)15-20(32)10-13-28(30,6)24(21)11-12-27(22,23)5/h17-18,20-26,32-35H,8-16H2,1-7H3. The average molecular weight is 509 g/mol. The molecule has 4 fully saturated rings. The highest BCUT2D eigenvalue weighted by molar-refractivity contribution is 5.66. The van der Waals surface area contributed by atoms with E-state index in [1.165, 1.54) is 6.92 Å². The van der Waals surface area contributed by atoms with Gasteiger partial charge in [0, 0.05) is 25.2 Å². The van der Waals surface area contributed by atoms with Crippen LogP contribution in [0.4, 0.5) is 0 Å². The fourth-order valence-corrected chi connectivity index (χ4v) is 9.60. The van der Waals surface area contributed by atoms with Crippen molar-refractivity contribution in [2.75, 3.05) is 0 Å². The van der Waals surface area contributed by atoms with E-state index in [4.69, 9.17) is 4.74 Å². The van der Waals surface area contributed by atoms with Crippen molar-refractivity contribution < 1.29 is 30.0 Å². The quantitative estimate of drug-likeness (QED) is 0.395. The normalized spacial score (nSPS) is 47.8. The van der Waals surface area contributed by atoms with Crippen LogP contribution < -0.4 is 0 Å². The van der Waals surface area contributed by atoms with Crippen molar-refractivity contribution >= 4 is 5.97 Å². The maximum Gasteiger partial charge on any atom is 0.303 e. The number of carbonyl (C=O) groups excluding carboxylic acids is 1. The molecule has 4 aliphatic carbocycles. The number of hydrogen-bond donors (Lipinski definition) is 4. The summed E-state index contributed by atoms with van der Waals surface area (Å²) < 4.78 is 5.83. The van der Waals surface area contributed by atoms with Crippen molar-refractivity contribution in [3.8, 4) is 0 Å². The van der Waals surface area contributed by atoms with E-state index in [0.29, 0.717) is 42.9 Å². The maximum atomic E-state index is 12.1. The lowest BCUT2D eigenvalue weighted by atomic mass is 9.42. The van der Waals surface area contributed by atoms with Gasteiger partial charge in [-0.05, 0) is 92.8 Å². The summed E-state index contributed by atoms with van der Waals surface area (Å²) in [4.78, 5) is 12.1. The highest BCUT2D eigenvalue weighted by Crippen LogP contribution is 2.69. The van der Waals surface area contributed by atoms with Gasteiger partial charge in [-0.1, -0.05) is 34.6 Å². The summed E-state index contributed by atoms with van der Waals surface area (Å²) in [5, 5.41) is 44.6. The van der Waals surface area contributed by atoms with Gasteiger partial charge >= 0.3 is 5.97 Å². The Balaban J connectivity index is 1.60. The van der Waals surface area contributed by atoms with E-state index < -0.39 is 34.9 Å². The van der Waals surface area contributed by atoms with E-state index in [9.17, 15) is 25.2 Å². The van der Waals surface area contributed by atoms with Crippen LogP contribution in [0.3, 0.4) is 0 Å². The first-order valence-electron chi connectivity index (χ1n) is 14.5. The Morgan fingerprint density at radius 2 is 1.75 bits per heavy atom. The first-order valence-corrected chi connectivity index (χ1v) is 14.5. The first-order chi connectivity index (χ1) is 16.6. The Bertz CT molecular complexity index is 826. The minimum atomic E-state index is -1.20. The molecule has 4 N–H and O–H groups in total. The van der Waals surface area contributed by atoms with Crippen LogP contribution in [0.1, 0.15) is 106 Å². The fraction of sp³-hybridized carbons (Fsp3) is 0.967. The molecule has 0 radical (unpaired) electrons. The van der Waals surface area contributed by atoms with Gasteiger partial charge in [-0.2, -0.15) is 0 Å². The minimum Gasteiger partial charge on any atom is -0.459 e.